The predicted octanol–water partition coefficient (Wildman–Crippen LogP) is 7.32. The molecular weight excluding hydrogens is 512 g/mol. The highest BCUT2D eigenvalue weighted by Crippen LogP contribution is 2.57. The molecule has 0 N–H and O–H groups in total. The average Bonchev–Trinajstić information content (AvgIpc) is 3.08. The first kappa shape index (κ1) is 19.8. The van der Waals surface area contributed by atoms with Crippen LogP contribution in [0.3, 0.4) is 0 Å². The number of hydrogen-bond acceptors (Lipinski definition) is 2. The van der Waals surface area contributed by atoms with E-state index in [4.69, 9.17) is 0 Å². The van der Waals surface area contributed by atoms with E-state index in [0.717, 1.165) is 20.1 Å². The predicted molar refractivity (Wildman–Crippen MR) is 129 cm³/mol. The van der Waals surface area contributed by atoms with Gasteiger partial charge in [-0.25, -0.2) is 0 Å². The molecule has 0 unspecified atom stereocenters. The maximum atomic E-state index is 9.33. The first-order chi connectivity index (χ1) is 15.1. The second-order valence-electron chi connectivity index (χ2n) is 7.51. The Morgan fingerprint density at radius 2 is 0.935 bits per heavy atom. The maximum absolute atomic E-state index is 9.33. The van der Waals surface area contributed by atoms with E-state index < -0.39 is 5.41 Å². The summed E-state index contributed by atoms with van der Waals surface area (Å²) in [7, 11) is 0. The van der Waals surface area contributed by atoms with Crippen molar-refractivity contribution in [3.8, 4) is 23.3 Å². The van der Waals surface area contributed by atoms with Crippen molar-refractivity contribution in [3.05, 3.63) is 127 Å². The molecule has 0 fully saturated rings. The molecule has 146 valence electrons. The summed E-state index contributed by atoms with van der Waals surface area (Å²) < 4.78 is 2.01. The Balaban J connectivity index is 1.94. The van der Waals surface area contributed by atoms with Crippen molar-refractivity contribution in [2.75, 3.05) is 0 Å². The SMILES string of the molecule is N#Cc1ccc(C2(c3ccc(C#N)cc3)c3cc(Br)ccc3-c3ccc(Br)cc32)cc1. The Morgan fingerprint density at radius 3 is 1.29 bits per heavy atom. The largest absolute Gasteiger partial charge is 0.192 e. The Morgan fingerprint density at radius 1 is 0.548 bits per heavy atom. The standard InChI is InChI=1S/C27H14Br2N2/c28-21-9-11-23-24-12-10-22(29)14-26(24)27(25(23)13-21,19-5-1-17(15-30)2-6-19)20-7-3-18(16-31)4-8-20/h1-14H. The van der Waals surface area contributed by atoms with Crippen LogP contribution in [-0.2, 0) is 5.41 Å². The number of halogens is 2. The molecule has 0 aliphatic heterocycles. The van der Waals surface area contributed by atoms with Crippen LogP contribution in [0.4, 0.5) is 0 Å². The Kier molecular flexibility index (Phi) is 4.78. The molecule has 1 aliphatic carbocycles. The van der Waals surface area contributed by atoms with E-state index in [9.17, 15) is 10.5 Å². The van der Waals surface area contributed by atoms with Crippen LogP contribution in [0.25, 0.3) is 11.1 Å². The molecular formula is C27H14Br2N2. The van der Waals surface area contributed by atoms with Gasteiger partial charge in [0.15, 0.2) is 0 Å². The molecule has 0 saturated carbocycles. The minimum atomic E-state index is -0.569. The number of fused-ring (bicyclic) bond motifs is 3. The number of nitrogens with zero attached hydrogens (tertiary/aromatic N) is 2. The zero-order valence-electron chi connectivity index (χ0n) is 16.2. The van der Waals surface area contributed by atoms with Gasteiger partial charge in [0, 0.05) is 8.95 Å². The third-order valence-corrected chi connectivity index (χ3v) is 6.94. The molecule has 4 aromatic rings. The molecule has 1 aliphatic rings. The molecule has 0 spiro atoms. The topological polar surface area (TPSA) is 47.6 Å². The van der Waals surface area contributed by atoms with Gasteiger partial charge in [0.05, 0.1) is 28.7 Å². The van der Waals surface area contributed by atoms with E-state index in [1.54, 1.807) is 0 Å². The van der Waals surface area contributed by atoms with Crippen molar-refractivity contribution >= 4 is 31.9 Å². The normalized spacial score (nSPS) is 13.0. The lowest BCUT2D eigenvalue weighted by molar-refractivity contribution is 0.767. The van der Waals surface area contributed by atoms with Gasteiger partial charge < -0.3 is 0 Å². The highest BCUT2D eigenvalue weighted by Gasteiger charge is 2.46. The monoisotopic (exact) mass is 524 g/mol. The highest BCUT2D eigenvalue weighted by atomic mass is 79.9. The number of benzene rings is 4. The Hall–Kier alpha value is -3.18. The molecule has 0 saturated heterocycles. The van der Waals surface area contributed by atoms with Crippen LogP contribution >= 0.6 is 31.9 Å². The molecule has 4 heteroatoms. The summed E-state index contributed by atoms with van der Waals surface area (Å²) in [6.45, 7) is 0. The Bertz CT molecular complexity index is 1300. The number of rotatable bonds is 2. The zero-order valence-corrected chi connectivity index (χ0v) is 19.4. The van der Waals surface area contributed by atoms with E-state index in [1.165, 1.54) is 22.3 Å². The average molecular weight is 526 g/mol. The van der Waals surface area contributed by atoms with Gasteiger partial charge in [0.1, 0.15) is 0 Å². The number of nitriles is 2. The van der Waals surface area contributed by atoms with Crippen molar-refractivity contribution in [3.63, 3.8) is 0 Å². The summed E-state index contributed by atoms with van der Waals surface area (Å²) in [6, 6.07) is 32.9. The molecule has 31 heavy (non-hydrogen) atoms. The van der Waals surface area contributed by atoms with Crippen molar-refractivity contribution in [2.45, 2.75) is 5.41 Å². The molecule has 2 nitrogen and oxygen atoms in total. The summed E-state index contributed by atoms with van der Waals surface area (Å²) in [5.41, 5.74) is 7.54. The molecule has 0 atom stereocenters. The van der Waals surface area contributed by atoms with Crippen molar-refractivity contribution < 1.29 is 0 Å². The first-order valence-electron chi connectivity index (χ1n) is 9.69. The van der Waals surface area contributed by atoms with Crippen molar-refractivity contribution in [1.82, 2.24) is 0 Å². The van der Waals surface area contributed by atoms with Gasteiger partial charge in [-0.15, -0.1) is 0 Å². The molecule has 0 bridgehead atoms. The summed E-state index contributed by atoms with van der Waals surface area (Å²) in [6.07, 6.45) is 0. The summed E-state index contributed by atoms with van der Waals surface area (Å²) in [4.78, 5) is 0. The van der Waals surface area contributed by atoms with Crippen LogP contribution in [0, 0.1) is 22.7 Å². The van der Waals surface area contributed by atoms with Gasteiger partial charge in [0.2, 0.25) is 0 Å². The molecule has 0 amide bonds. The molecule has 4 aromatic carbocycles. The van der Waals surface area contributed by atoms with Gasteiger partial charge in [-0.3, -0.25) is 0 Å². The molecule has 0 aromatic heterocycles. The second kappa shape index (κ2) is 7.50. The fourth-order valence-electron chi connectivity index (χ4n) is 4.65. The fourth-order valence-corrected chi connectivity index (χ4v) is 5.37. The van der Waals surface area contributed by atoms with Gasteiger partial charge in [-0.1, -0.05) is 68.3 Å². The van der Waals surface area contributed by atoms with E-state index in [-0.39, 0.29) is 0 Å². The number of hydrogen-bond donors (Lipinski definition) is 0. The quantitative estimate of drug-likeness (QED) is 0.242. The molecule has 0 heterocycles. The fraction of sp³-hybridized carbons (Fsp3) is 0.0370. The van der Waals surface area contributed by atoms with Crippen LogP contribution in [-0.4, -0.2) is 0 Å². The highest BCUT2D eigenvalue weighted by molar-refractivity contribution is 9.10. The summed E-state index contributed by atoms with van der Waals surface area (Å²) >= 11 is 7.34. The first-order valence-corrected chi connectivity index (χ1v) is 11.3. The van der Waals surface area contributed by atoms with E-state index in [1.807, 2.05) is 48.5 Å². The van der Waals surface area contributed by atoms with Crippen LogP contribution in [0.1, 0.15) is 33.4 Å². The third kappa shape index (κ3) is 2.95. The van der Waals surface area contributed by atoms with E-state index in [0.29, 0.717) is 11.1 Å². The van der Waals surface area contributed by atoms with Gasteiger partial charge in [0.25, 0.3) is 0 Å². The van der Waals surface area contributed by atoms with Gasteiger partial charge in [-0.05, 0) is 81.9 Å². The minimum Gasteiger partial charge on any atom is -0.192 e. The third-order valence-electron chi connectivity index (χ3n) is 5.96. The van der Waals surface area contributed by atoms with Crippen LogP contribution in [0.15, 0.2) is 93.9 Å². The van der Waals surface area contributed by atoms with Crippen molar-refractivity contribution in [2.24, 2.45) is 0 Å². The van der Waals surface area contributed by atoms with Gasteiger partial charge >= 0.3 is 0 Å². The second-order valence-corrected chi connectivity index (χ2v) is 9.34. The minimum absolute atomic E-state index is 0.569. The molecule has 0 radical (unpaired) electrons. The van der Waals surface area contributed by atoms with E-state index >= 15 is 0 Å². The lowest BCUT2D eigenvalue weighted by atomic mass is 9.67. The van der Waals surface area contributed by atoms with Gasteiger partial charge in [-0.2, -0.15) is 10.5 Å². The Labute approximate surface area is 197 Å². The summed E-state index contributed by atoms with van der Waals surface area (Å²) in [5, 5.41) is 18.7. The van der Waals surface area contributed by atoms with E-state index in [2.05, 4.69) is 80.4 Å². The van der Waals surface area contributed by atoms with Crippen LogP contribution in [0.5, 0.6) is 0 Å². The zero-order chi connectivity index (χ0) is 21.6. The lowest BCUT2D eigenvalue weighted by Gasteiger charge is -2.34. The van der Waals surface area contributed by atoms with Crippen LogP contribution in [0.2, 0.25) is 0 Å². The smallest absolute Gasteiger partial charge is 0.0991 e. The van der Waals surface area contributed by atoms with Crippen molar-refractivity contribution in [1.29, 1.82) is 10.5 Å². The lowest BCUT2D eigenvalue weighted by Crippen LogP contribution is -2.28. The summed E-state index contributed by atoms with van der Waals surface area (Å²) in [5.74, 6) is 0. The maximum Gasteiger partial charge on any atom is 0.0991 e. The van der Waals surface area contributed by atoms with Crippen LogP contribution < -0.4 is 0 Å². The molecule has 5 rings (SSSR count).